The van der Waals surface area contributed by atoms with Gasteiger partial charge in [-0.2, -0.15) is 11.8 Å². The third-order valence-corrected chi connectivity index (χ3v) is 3.42. The van der Waals surface area contributed by atoms with E-state index in [9.17, 15) is 4.79 Å². The normalized spacial score (nSPS) is 10.7. The van der Waals surface area contributed by atoms with Crippen LogP contribution in [0, 0.1) is 0 Å². The van der Waals surface area contributed by atoms with Crippen LogP contribution in [0.3, 0.4) is 0 Å². The molecule has 0 atom stereocenters. The van der Waals surface area contributed by atoms with Gasteiger partial charge in [0.2, 0.25) is 5.91 Å². The molecule has 3 N–H and O–H groups in total. The topological polar surface area (TPSA) is 68.3 Å². The second-order valence-corrected chi connectivity index (χ2v) is 5.34. The highest BCUT2D eigenvalue weighted by Crippen LogP contribution is 2.13. The average molecular weight is 290 g/mol. The van der Waals surface area contributed by atoms with Crippen LogP contribution in [0.1, 0.15) is 27.4 Å². The van der Waals surface area contributed by atoms with Gasteiger partial charge < -0.3 is 15.5 Å². The van der Waals surface area contributed by atoms with Crippen molar-refractivity contribution in [2.75, 3.05) is 6.26 Å². The molecule has 0 spiro atoms. The lowest BCUT2D eigenvalue weighted by Crippen LogP contribution is -2.14. The number of thioether (sulfide) groups is 1. The Bertz CT molecular complexity index is 581. The lowest BCUT2D eigenvalue weighted by Gasteiger charge is -2.04. The Hall–Kier alpha value is -1.72. The number of furan rings is 1. The maximum Gasteiger partial charge on any atom is 0.248 e. The number of nitrogens with one attached hydrogen (secondary N) is 1. The Morgan fingerprint density at radius 1 is 1.25 bits per heavy atom. The van der Waals surface area contributed by atoms with E-state index < -0.39 is 5.91 Å². The van der Waals surface area contributed by atoms with E-state index in [0.717, 1.165) is 22.8 Å². The number of primary amides is 1. The van der Waals surface area contributed by atoms with Gasteiger partial charge in [0.25, 0.3) is 0 Å². The van der Waals surface area contributed by atoms with Crippen molar-refractivity contribution in [3.8, 4) is 0 Å². The molecular weight excluding hydrogens is 272 g/mol. The average Bonchev–Trinajstić information content (AvgIpc) is 2.87. The van der Waals surface area contributed by atoms with Crippen LogP contribution in [0.15, 0.2) is 40.8 Å². The Labute approximate surface area is 122 Å². The van der Waals surface area contributed by atoms with E-state index in [1.54, 1.807) is 23.9 Å². The van der Waals surface area contributed by atoms with Crippen molar-refractivity contribution >= 4 is 17.7 Å². The Balaban J connectivity index is 1.85. The number of hydrogen-bond acceptors (Lipinski definition) is 4. The fourth-order valence-electron chi connectivity index (χ4n) is 1.90. The number of hydrogen-bond donors (Lipinski definition) is 2. The maximum absolute atomic E-state index is 11.1. The quantitative estimate of drug-likeness (QED) is 0.822. The van der Waals surface area contributed by atoms with Crippen LogP contribution in [0.2, 0.25) is 0 Å². The second kappa shape index (κ2) is 7.17. The zero-order valence-electron chi connectivity index (χ0n) is 11.4. The SMILES string of the molecule is CSCc1ccc(CNCc2cccc(C(N)=O)c2)o1. The second-order valence-electron chi connectivity index (χ2n) is 4.47. The van der Waals surface area contributed by atoms with E-state index in [-0.39, 0.29) is 0 Å². The number of rotatable bonds is 7. The van der Waals surface area contributed by atoms with Gasteiger partial charge in [-0.15, -0.1) is 0 Å². The van der Waals surface area contributed by atoms with E-state index >= 15 is 0 Å². The summed E-state index contributed by atoms with van der Waals surface area (Å²) in [5.74, 6) is 2.39. The Kier molecular flexibility index (Phi) is 5.26. The number of amides is 1. The van der Waals surface area contributed by atoms with Crippen molar-refractivity contribution in [2.45, 2.75) is 18.8 Å². The molecule has 1 amide bonds. The lowest BCUT2D eigenvalue weighted by molar-refractivity contribution is 0.1000. The van der Waals surface area contributed by atoms with Crippen molar-refractivity contribution in [1.29, 1.82) is 0 Å². The monoisotopic (exact) mass is 290 g/mol. The first-order valence-corrected chi connectivity index (χ1v) is 7.74. The van der Waals surface area contributed by atoms with Gasteiger partial charge in [-0.25, -0.2) is 0 Å². The molecule has 0 unspecified atom stereocenters. The molecule has 0 fully saturated rings. The van der Waals surface area contributed by atoms with E-state index in [1.807, 2.05) is 30.5 Å². The van der Waals surface area contributed by atoms with Gasteiger partial charge in [0.15, 0.2) is 0 Å². The predicted octanol–water partition coefficient (Wildman–Crippen LogP) is 2.53. The molecule has 1 aromatic carbocycles. The first kappa shape index (κ1) is 14.7. The molecular formula is C15H18N2O2S. The van der Waals surface area contributed by atoms with Gasteiger partial charge in [-0.1, -0.05) is 12.1 Å². The van der Waals surface area contributed by atoms with Crippen LogP contribution in [0.25, 0.3) is 0 Å². The van der Waals surface area contributed by atoms with Crippen LogP contribution in [0.4, 0.5) is 0 Å². The molecule has 0 aliphatic heterocycles. The minimum Gasteiger partial charge on any atom is -0.464 e. The molecule has 1 heterocycles. The molecule has 0 aliphatic carbocycles. The van der Waals surface area contributed by atoms with Crippen molar-refractivity contribution in [3.63, 3.8) is 0 Å². The van der Waals surface area contributed by atoms with Gasteiger partial charge in [-0.3, -0.25) is 4.79 Å². The highest BCUT2D eigenvalue weighted by molar-refractivity contribution is 7.97. The van der Waals surface area contributed by atoms with E-state index in [0.29, 0.717) is 18.7 Å². The lowest BCUT2D eigenvalue weighted by atomic mass is 10.1. The summed E-state index contributed by atoms with van der Waals surface area (Å²) in [6, 6.07) is 11.3. The summed E-state index contributed by atoms with van der Waals surface area (Å²) in [6.45, 7) is 1.33. The summed E-state index contributed by atoms with van der Waals surface area (Å²) in [5, 5.41) is 3.29. The Morgan fingerprint density at radius 3 is 2.80 bits per heavy atom. The molecule has 0 radical (unpaired) electrons. The van der Waals surface area contributed by atoms with Gasteiger partial charge in [0, 0.05) is 12.1 Å². The molecule has 0 aliphatic rings. The molecule has 5 heteroatoms. The summed E-state index contributed by atoms with van der Waals surface area (Å²) >= 11 is 1.74. The molecule has 0 bridgehead atoms. The number of carbonyl (C=O) groups excluding carboxylic acids is 1. The van der Waals surface area contributed by atoms with Gasteiger partial charge in [0.1, 0.15) is 11.5 Å². The first-order valence-electron chi connectivity index (χ1n) is 6.35. The number of carbonyl (C=O) groups is 1. The van der Waals surface area contributed by atoms with E-state index in [2.05, 4.69) is 5.32 Å². The zero-order valence-corrected chi connectivity index (χ0v) is 12.2. The molecule has 2 aromatic rings. The summed E-state index contributed by atoms with van der Waals surface area (Å²) in [5.41, 5.74) is 6.81. The van der Waals surface area contributed by atoms with Crippen LogP contribution in [-0.4, -0.2) is 12.2 Å². The Morgan fingerprint density at radius 2 is 2.05 bits per heavy atom. The molecule has 20 heavy (non-hydrogen) atoms. The standard InChI is InChI=1S/C15H18N2O2S/c1-20-10-14-6-5-13(19-14)9-17-8-11-3-2-4-12(7-11)15(16)18/h2-7,17H,8-10H2,1H3,(H2,16,18). The van der Waals surface area contributed by atoms with E-state index in [4.69, 9.17) is 10.2 Å². The smallest absolute Gasteiger partial charge is 0.248 e. The van der Waals surface area contributed by atoms with Crippen molar-refractivity contribution < 1.29 is 9.21 Å². The summed E-state index contributed by atoms with van der Waals surface area (Å²) in [4.78, 5) is 11.1. The third kappa shape index (κ3) is 4.15. The summed E-state index contributed by atoms with van der Waals surface area (Å²) in [6.07, 6.45) is 2.05. The fourth-order valence-corrected chi connectivity index (χ4v) is 2.34. The molecule has 2 rings (SSSR count). The summed E-state index contributed by atoms with van der Waals surface area (Å²) in [7, 11) is 0. The van der Waals surface area contributed by atoms with E-state index in [1.165, 1.54) is 0 Å². The highest BCUT2D eigenvalue weighted by Gasteiger charge is 2.03. The van der Waals surface area contributed by atoms with Gasteiger partial charge in [-0.05, 0) is 36.1 Å². The molecule has 0 saturated heterocycles. The number of nitrogens with two attached hydrogens (primary N) is 1. The number of benzene rings is 1. The predicted molar refractivity (Wildman–Crippen MR) is 81.4 cm³/mol. The maximum atomic E-state index is 11.1. The molecule has 1 aromatic heterocycles. The zero-order chi connectivity index (χ0) is 14.4. The van der Waals surface area contributed by atoms with Gasteiger partial charge in [0.05, 0.1) is 12.3 Å². The molecule has 4 nitrogen and oxygen atoms in total. The van der Waals surface area contributed by atoms with Gasteiger partial charge >= 0.3 is 0 Å². The van der Waals surface area contributed by atoms with Crippen molar-refractivity contribution in [1.82, 2.24) is 5.32 Å². The summed E-state index contributed by atoms with van der Waals surface area (Å²) < 4.78 is 5.67. The van der Waals surface area contributed by atoms with Crippen molar-refractivity contribution in [3.05, 3.63) is 59.0 Å². The van der Waals surface area contributed by atoms with Crippen molar-refractivity contribution in [2.24, 2.45) is 5.73 Å². The minimum atomic E-state index is -0.403. The largest absolute Gasteiger partial charge is 0.464 e. The van der Waals surface area contributed by atoms with Crippen LogP contribution >= 0.6 is 11.8 Å². The van der Waals surface area contributed by atoms with Crippen LogP contribution in [0.5, 0.6) is 0 Å². The first-order chi connectivity index (χ1) is 9.69. The highest BCUT2D eigenvalue weighted by atomic mass is 32.2. The molecule has 106 valence electrons. The van der Waals surface area contributed by atoms with Crippen LogP contribution in [-0.2, 0) is 18.8 Å². The third-order valence-electron chi connectivity index (χ3n) is 2.84. The fraction of sp³-hybridized carbons (Fsp3) is 0.267. The minimum absolute atomic E-state index is 0.403. The molecule has 0 saturated carbocycles. The van der Waals surface area contributed by atoms with Crippen LogP contribution < -0.4 is 11.1 Å².